The highest BCUT2D eigenvalue weighted by Crippen LogP contribution is 2.29. The summed E-state index contributed by atoms with van der Waals surface area (Å²) in [5, 5.41) is 2.99. The summed E-state index contributed by atoms with van der Waals surface area (Å²) in [6, 6.07) is 7.89. The van der Waals surface area contributed by atoms with Crippen molar-refractivity contribution in [2.24, 2.45) is 0 Å². The van der Waals surface area contributed by atoms with Crippen LogP contribution >= 0.6 is 0 Å². The average Bonchev–Trinajstić information content (AvgIpc) is 3.14. The van der Waals surface area contributed by atoms with Gasteiger partial charge in [-0.25, -0.2) is 9.78 Å². The fourth-order valence-electron chi connectivity index (χ4n) is 3.46. The molecule has 1 saturated heterocycles. The third-order valence-electron chi connectivity index (χ3n) is 4.83. The first kappa shape index (κ1) is 18.3. The Morgan fingerprint density at radius 1 is 1.31 bits per heavy atom. The van der Waals surface area contributed by atoms with Crippen molar-refractivity contribution in [2.75, 3.05) is 25.0 Å². The molecule has 0 unspecified atom stereocenters. The van der Waals surface area contributed by atoms with Gasteiger partial charge in [0.15, 0.2) is 0 Å². The lowest BCUT2D eigenvalue weighted by Crippen LogP contribution is -2.41. The van der Waals surface area contributed by atoms with Crippen LogP contribution in [0.1, 0.15) is 51.4 Å². The second-order valence-corrected chi connectivity index (χ2v) is 6.91. The summed E-state index contributed by atoms with van der Waals surface area (Å²) in [5.74, 6) is 2.26. The fraction of sp³-hybridized carbons (Fsp3) is 0.500. The van der Waals surface area contributed by atoms with Crippen LogP contribution in [-0.4, -0.2) is 40.2 Å². The summed E-state index contributed by atoms with van der Waals surface area (Å²) in [4.78, 5) is 19.1. The number of hydrogen-bond acceptors (Lipinski definition) is 3. The number of piperidine rings is 1. The Morgan fingerprint density at radius 2 is 2.04 bits per heavy atom. The van der Waals surface area contributed by atoms with E-state index in [9.17, 15) is 4.79 Å². The molecule has 0 radical (unpaired) electrons. The van der Waals surface area contributed by atoms with Gasteiger partial charge in [0.05, 0.1) is 12.3 Å². The Bertz CT molecular complexity index is 733. The quantitative estimate of drug-likeness (QED) is 0.870. The molecule has 1 aromatic carbocycles. The summed E-state index contributed by atoms with van der Waals surface area (Å²) in [6.45, 7) is 8.31. The minimum absolute atomic E-state index is 0.0668. The van der Waals surface area contributed by atoms with Crippen molar-refractivity contribution in [1.82, 2.24) is 14.5 Å². The Balaban J connectivity index is 1.60. The van der Waals surface area contributed by atoms with Crippen LogP contribution in [0.5, 0.6) is 5.75 Å². The molecule has 0 saturated carbocycles. The number of anilines is 1. The van der Waals surface area contributed by atoms with Crippen molar-refractivity contribution >= 4 is 11.7 Å². The third kappa shape index (κ3) is 4.00. The number of hydrogen-bond donors (Lipinski definition) is 1. The van der Waals surface area contributed by atoms with Gasteiger partial charge in [0.25, 0.3) is 0 Å². The van der Waals surface area contributed by atoms with Gasteiger partial charge in [-0.2, -0.15) is 0 Å². The number of rotatable bonds is 5. The van der Waals surface area contributed by atoms with Gasteiger partial charge in [-0.3, -0.25) is 0 Å². The number of aromatic nitrogens is 2. The van der Waals surface area contributed by atoms with E-state index < -0.39 is 0 Å². The Labute approximate surface area is 155 Å². The first-order valence-electron chi connectivity index (χ1n) is 9.40. The number of benzene rings is 1. The van der Waals surface area contributed by atoms with Crippen LogP contribution in [0.3, 0.4) is 0 Å². The van der Waals surface area contributed by atoms with Gasteiger partial charge in [0.2, 0.25) is 0 Å². The van der Waals surface area contributed by atoms with E-state index in [4.69, 9.17) is 4.74 Å². The van der Waals surface area contributed by atoms with Crippen LogP contribution in [0.2, 0.25) is 0 Å². The SMILES string of the molecule is CCOc1ccccc1NC(=O)N1CCC(c2nccn2C(C)C)CC1. The van der Waals surface area contributed by atoms with Gasteiger partial charge in [-0.1, -0.05) is 12.1 Å². The van der Waals surface area contributed by atoms with Crippen molar-refractivity contribution in [3.63, 3.8) is 0 Å². The number of amides is 2. The van der Waals surface area contributed by atoms with Crippen molar-refractivity contribution in [3.8, 4) is 5.75 Å². The zero-order valence-electron chi connectivity index (χ0n) is 15.8. The number of carbonyl (C=O) groups excluding carboxylic acids is 1. The number of urea groups is 1. The molecular formula is C20H28N4O2. The molecule has 140 valence electrons. The van der Waals surface area contributed by atoms with Crippen molar-refractivity contribution in [2.45, 2.75) is 45.6 Å². The molecule has 0 bridgehead atoms. The molecule has 3 rings (SSSR count). The number of para-hydroxylation sites is 2. The highest BCUT2D eigenvalue weighted by Gasteiger charge is 2.27. The maximum absolute atomic E-state index is 12.6. The van der Waals surface area contributed by atoms with E-state index in [0.29, 0.717) is 24.3 Å². The van der Waals surface area contributed by atoms with Gasteiger partial charge in [-0.05, 0) is 45.7 Å². The first-order chi connectivity index (χ1) is 12.6. The summed E-state index contributed by atoms with van der Waals surface area (Å²) in [7, 11) is 0. The molecule has 1 aromatic heterocycles. The third-order valence-corrected chi connectivity index (χ3v) is 4.83. The molecular weight excluding hydrogens is 328 g/mol. The van der Waals surface area contributed by atoms with Crippen LogP contribution in [0, 0.1) is 0 Å². The number of likely N-dealkylation sites (tertiary alicyclic amines) is 1. The number of ether oxygens (including phenoxy) is 1. The predicted octanol–water partition coefficient (Wildman–Crippen LogP) is 4.27. The van der Waals surface area contributed by atoms with Gasteiger partial charge < -0.3 is 19.5 Å². The van der Waals surface area contributed by atoms with Crippen molar-refractivity contribution < 1.29 is 9.53 Å². The van der Waals surface area contributed by atoms with Crippen LogP contribution in [0.15, 0.2) is 36.7 Å². The molecule has 1 N–H and O–H groups in total. The highest BCUT2D eigenvalue weighted by molar-refractivity contribution is 5.91. The molecule has 26 heavy (non-hydrogen) atoms. The van der Waals surface area contributed by atoms with Crippen LogP contribution < -0.4 is 10.1 Å². The molecule has 2 heterocycles. The van der Waals surface area contributed by atoms with Gasteiger partial charge in [0, 0.05) is 37.4 Å². The summed E-state index contributed by atoms with van der Waals surface area (Å²) < 4.78 is 7.82. The number of imidazole rings is 1. The Hall–Kier alpha value is -2.50. The second-order valence-electron chi connectivity index (χ2n) is 6.91. The normalized spacial score (nSPS) is 15.3. The lowest BCUT2D eigenvalue weighted by atomic mass is 9.96. The first-order valence-corrected chi connectivity index (χ1v) is 9.40. The zero-order chi connectivity index (χ0) is 18.5. The second kappa shape index (κ2) is 8.25. The molecule has 0 atom stereocenters. The molecule has 1 aliphatic heterocycles. The van der Waals surface area contributed by atoms with Gasteiger partial charge in [0.1, 0.15) is 11.6 Å². The van der Waals surface area contributed by atoms with E-state index in [1.54, 1.807) is 0 Å². The molecule has 6 nitrogen and oxygen atoms in total. The minimum atomic E-state index is -0.0668. The molecule has 2 aromatic rings. The predicted molar refractivity (Wildman–Crippen MR) is 103 cm³/mol. The van der Waals surface area contributed by atoms with Crippen molar-refractivity contribution in [3.05, 3.63) is 42.5 Å². The maximum Gasteiger partial charge on any atom is 0.321 e. The monoisotopic (exact) mass is 356 g/mol. The van der Waals surface area contributed by atoms with Crippen LogP contribution in [0.4, 0.5) is 10.5 Å². The minimum Gasteiger partial charge on any atom is -0.492 e. The lowest BCUT2D eigenvalue weighted by molar-refractivity contribution is 0.192. The molecule has 1 aliphatic rings. The molecule has 1 fully saturated rings. The zero-order valence-corrected chi connectivity index (χ0v) is 15.8. The van der Waals surface area contributed by atoms with Crippen molar-refractivity contribution in [1.29, 1.82) is 0 Å². The van der Waals surface area contributed by atoms with E-state index in [2.05, 4.69) is 28.7 Å². The number of carbonyl (C=O) groups is 1. The highest BCUT2D eigenvalue weighted by atomic mass is 16.5. The smallest absolute Gasteiger partial charge is 0.321 e. The Morgan fingerprint density at radius 3 is 2.73 bits per heavy atom. The van der Waals surface area contributed by atoms with Gasteiger partial charge >= 0.3 is 6.03 Å². The topological polar surface area (TPSA) is 59.4 Å². The standard InChI is InChI=1S/C20H28N4O2/c1-4-26-18-8-6-5-7-17(18)22-20(25)23-12-9-16(10-13-23)19-21-11-14-24(19)15(2)3/h5-8,11,14-16H,4,9-10,12-13H2,1-3H3,(H,22,25). The average molecular weight is 356 g/mol. The maximum atomic E-state index is 12.6. The molecule has 0 spiro atoms. The van der Waals surface area contributed by atoms with E-state index >= 15 is 0 Å². The largest absolute Gasteiger partial charge is 0.492 e. The Kier molecular flexibility index (Phi) is 5.81. The molecule has 0 aliphatic carbocycles. The summed E-state index contributed by atoms with van der Waals surface area (Å²) in [6.07, 6.45) is 5.79. The summed E-state index contributed by atoms with van der Waals surface area (Å²) in [5.41, 5.74) is 0.719. The number of nitrogens with zero attached hydrogens (tertiary/aromatic N) is 3. The van der Waals surface area contributed by atoms with E-state index in [1.807, 2.05) is 48.5 Å². The molecule has 6 heteroatoms. The lowest BCUT2D eigenvalue weighted by Gasteiger charge is -2.32. The summed E-state index contributed by atoms with van der Waals surface area (Å²) >= 11 is 0. The molecule has 2 amide bonds. The van der Waals surface area contributed by atoms with E-state index in [1.165, 1.54) is 0 Å². The van der Waals surface area contributed by atoms with Crippen LogP contribution in [0.25, 0.3) is 0 Å². The number of nitrogens with one attached hydrogen (secondary N) is 1. The van der Waals surface area contributed by atoms with Crippen LogP contribution in [-0.2, 0) is 0 Å². The fourth-order valence-corrected chi connectivity index (χ4v) is 3.46. The van der Waals surface area contributed by atoms with E-state index in [0.717, 1.165) is 37.4 Å². The van der Waals surface area contributed by atoms with Gasteiger partial charge in [-0.15, -0.1) is 0 Å². The van der Waals surface area contributed by atoms with E-state index in [-0.39, 0.29) is 6.03 Å².